The summed E-state index contributed by atoms with van der Waals surface area (Å²) in [6.07, 6.45) is 1.30. The Morgan fingerprint density at radius 3 is 2.52 bits per heavy atom. The molecule has 2 aromatic carbocycles. The van der Waals surface area contributed by atoms with Crippen LogP contribution in [0.15, 0.2) is 53.9 Å². The highest BCUT2D eigenvalue weighted by Crippen LogP contribution is 2.35. The Hall–Kier alpha value is -3.85. The summed E-state index contributed by atoms with van der Waals surface area (Å²) in [5.41, 5.74) is 11.9. The van der Waals surface area contributed by atoms with Gasteiger partial charge in [-0.1, -0.05) is 0 Å². The Balaban J connectivity index is 1.86. The summed E-state index contributed by atoms with van der Waals surface area (Å²) in [6.45, 7) is 2.22. The van der Waals surface area contributed by atoms with Crippen LogP contribution < -0.4 is 31.8 Å². The summed E-state index contributed by atoms with van der Waals surface area (Å²) in [5, 5.41) is 3.64. The fraction of sp³-hybridized carbons (Fsp3) is 0.250. The number of rotatable bonds is 9. The van der Waals surface area contributed by atoms with Crippen molar-refractivity contribution in [3.05, 3.63) is 65.2 Å². The van der Waals surface area contributed by atoms with Gasteiger partial charge in [0.2, 0.25) is 0 Å². The van der Waals surface area contributed by atoms with Gasteiger partial charge in [0, 0.05) is 46.6 Å². The molecule has 1 heterocycles. The summed E-state index contributed by atoms with van der Waals surface area (Å²) < 4.78 is 24.5. The molecule has 174 valence electrons. The minimum absolute atomic E-state index is 0.224. The fourth-order valence-electron chi connectivity index (χ4n) is 3.47. The number of hydrogen-bond acceptors (Lipinski definition) is 7. The van der Waals surface area contributed by atoms with Crippen molar-refractivity contribution in [2.45, 2.75) is 19.8 Å². The fourth-order valence-corrected chi connectivity index (χ4v) is 3.47. The van der Waals surface area contributed by atoms with Crippen LogP contribution in [0.4, 0.5) is 4.39 Å². The van der Waals surface area contributed by atoms with E-state index in [1.807, 2.05) is 0 Å². The highest BCUT2D eigenvalue weighted by atomic mass is 19.1. The number of benzene rings is 2. The molecule has 0 spiro atoms. The molecule has 0 saturated carbocycles. The van der Waals surface area contributed by atoms with E-state index < -0.39 is 5.82 Å². The van der Waals surface area contributed by atoms with Gasteiger partial charge < -0.3 is 25.9 Å². The zero-order chi connectivity index (χ0) is 24.0. The van der Waals surface area contributed by atoms with Crippen molar-refractivity contribution in [3.8, 4) is 22.8 Å². The number of hydrogen-bond donors (Lipinski definition) is 4. The minimum atomic E-state index is -0.409. The number of methoxy groups -OCH3 is 2. The maximum absolute atomic E-state index is 13.6. The van der Waals surface area contributed by atoms with E-state index in [4.69, 9.17) is 21.1 Å². The third kappa shape index (κ3) is 5.50. The van der Waals surface area contributed by atoms with Crippen molar-refractivity contribution >= 4 is 16.8 Å². The van der Waals surface area contributed by atoms with Crippen molar-refractivity contribution in [2.24, 2.45) is 11.6 Å². The molecule has 3 aromatic rings. The topological polar surface area (TPSA) is 125 Å². The van der Waals surface area contributed by atoms with E-state index in [0.717, 1.165) is 11.1 Å². The summed E-state index contributed by atoms with van der Waals surface area (Å²) in [7, 11) is 3.03. The molecule has 9 heteroatoms. The first-order chi connectivity index (χ1) is 15.9. The van der Waals surface area contributed by atoms with E-state index >= 15 is 0 Å². The monoisotopic (exact) mass is 453 g/mol. The number of carbonyl (C=O) groups excluding carboxylic acids is 1. The van der Waals surface area contributed by atoms with Gasteiger partial charge in [0.15, 0.2) is 0 Å². The van der Waals surface area contributed by atoms with E-state index in [-0.39, 0.29) is 5.91 Å². The number of nitrogens with two attached hydrogens (primary N) is 2. The molecular formula is C24H28FN5O3. The lowest BCUT2D eigenvalue weighted by Crippen LogP contribution is -2.27. The molecule has 3 rings (SSSR count). The molecule has 6 N–H and O–H groups in total. The lowest BCUT2D eigenvalue weighted by atomic mass is 10.1. The van der Waals surface area contributed by atoms with Gasteiger partial charge in [-0.2, -0.15) is 0 Å². The molecule has 0 saturated heterocycles. The zero-order valence-electron chi connectivity index (χ0n) is 18.9. The van der Waals surface area contributed by atoms with Crippen LogP contribution in [0, 0.1) is 5.82 Å². The first-order valence-electron chi connectivity index (χ1n) is 10.4. The summed E-state index contributed by atoms with van der Waals surface area (Å²) in [4.78, 5) is 17.4. The molecule has 0 aliphatic carbocycles. The average Bonchev–Trinajstić information content (AvgIpc) is 2.82. The maximum Gasteiger partial charge on any atom is 0.251 e. The molecular weight excluding hydrogens is 425 g/mol. The zero-order valence-corrected chi connectivity index (χ0v) is 18.9. The van der Waals surface area contributed by atoms with Gasteiger partial charge in [-0.05, 0) is 50.1 Å². The largest absolute Gasteiger partial charge is 0.496 e. The number of nitrogens with zero attached hydrogens (tertiary/aromatic N) is 1. The third-order valence-electron chi connectivity index (χ3n) is 5.23. The molecule has 0 aliphatic rings. The number of hydrazine groups is 1. The van der Waals surface area contributed by atoms with Crippen LogP contribution in [0.2, 0.25) is 0 Å². The van der Waals surface area contributed by atoms with Crippen LogP contribution >= 0.6 is 0 Å². The maximum atomic E-state index is 13.6. The van der Waals surface area contributed by atoms with Gasteiger partial charge in [0.05, 0.1) is 25.4 Å². The average molecular weight is 454 g/mol. The van der Waals surface area contributed by atoms with Crippen LogP contribution in [0.3, 0.4) is 0 Å². The number of amides is 1. The second-order valence-electron chi connectivity index (χ2n) is 7.45. The highest BCUT2D eigenvalue weighted by molar-refractivity contribution is 5.99. The molecule has 0 fully saturated rings. The van der Waals surface area contributed by atoms with E-state index in [9.17, 15) is 9.18 Å². The van der Waals surface area contributed by atoms with Gasteiger partial charge >= 0.3 is 0 Å². The number of nitrogens with one attached hydrogen (secondary N) is 2. The van der Waals surface area contributed by atoms with Crippen LogP contribution in [0.5, 0.6) is 11.5 Å². The van der Waals surface area contributed by atoms with Gasteiger partial charge in [0.25, 0.3) is 5.91 Å². The minimum Gasteiger partial charge on any atom is -0.496 e. The summed E-state index contributed by atoms with van der Waals surface area (Å²) in [5.74, 6) is 5.75. The van der Waals surface area contributed by atoms with Gasteiger partial charge in [-0.15, -0.1) is 0 Å². The molecule has 8 nitrogen and oxygen atoms in total. The Labute approximate surface area is 191 Å². The van der Waals surface area contributed by atoms with Gasteiger partial charge in [-0.3, -0.25) is 10.6 Å². The molecule has 0 unspecified atom stereocenters. The number of fused-ring (bicyclic) bond motifs is 1. The smallest absolute Gasteiger partial charge is 0.251 e. The predicted molar refractivity (Wildman–Crippen MR) is 126 cm³/mol. The number of halogens is 1. The number of pyridine rings is 1. The quantitative estimate of drug-likeness (QED) is 0.223. The van der Waals surface area contributed by atoms with Crippen molar-refractivity contribution in [3.63, 3.8) is 0 Å². The molecule has 1 amide bonds. The second kappa shape index (κ2) is 10.6. The second-order valence-corrected chi connectivity index (χ2v) is 7.45. The number of aromatic nitrogens is 1. The van der Waals surface area contributed by atoms with Crippen molar-refractivity contribution in [2.75, 3.05) is 20.8 Å². The molecule has 33 heavy (non-hydrogen) atoms. The molecule has 0 aliphatic heterocycles. The third-order valence-corrected chi connectivity index (χ3v) is 5.23. The van der Waals surface area contributed by atoms with Crippen molar-refractivity contribution < 1.29 is 18.7 Å². The lowest BCUT2D eigenvalue weighted by Gasteiger charge is -2.13. The van der Waals surface area contributed by atoms with E-state index in [1.165, 1.54) is 19.2 Å². The molecule has 0 radical (unpaired) electrons. The Bertz CT molecular complexity index is 1190. The molecule has 0 atom stereocenters. The van der Waals surface area contributed by atoms with Gasteiger partial charge in [0.1, 0.15) is 17.3 Å². The van der Waals surface area contributed by atoms with Crippen LogP contribution in [-0.4, -0.2) is 31.7 Å². The van der Waals surface area contributed by atoms with Crippen LogP contribution in [0.1, 0.15) is 30.1 Å². The van der Waals surface area contributed by atoms with Crippen LogP contribution in [0.25, 0.3) is 22.2 Å². The summed E-state index contributed by atoms with van der Waals surface area (Å²) >= 11 is 0. The normalized spacial score (nSPS) is 11.7. The van der Waals surface area contributed by atoms with Crippen molar-refractivity contribution in [1.82, 2.24) is 15.7 Å². The van der Waals surface area contributed by atoms with Crippen LogP contribution in [-0.2, 0) is 0 Å². The first kappa shape index (κ1) is 23.8. The SMILES string of the molecule is COc1cc(F)ccc1-c1cc(OC)c2ccc(C(=O)NCCC/C(NN)=C(\C)N)cc2n1. The van der Waals surface area contributed by atoms with E-state index in [1.54, 1.807) is 44.4 Å². The van der Waals surface area contributed by atoms with E-state index in [2.05, 4.69) is 15.7 Å². The Kier molecular flexibility index (Phi) is 7.68. The lowest BCUT2D eigenvalue weighted by molar-refractivity contribution is 0.0953. The number of allylic oxidation sites excluding steroid dienone is 2. The standard InChI is InChI=1S/C24H28FN5O3/c1-14(26)19(30-27)5-4-10-28-24(31)15-6-8-17-20(11-15)29-21(13-23(17)33-3)18-9-7-16(25)12-22(18)32-2/h6-9,11-13,30H,4-5,10,26-27H2,1-3H3,(H,28,31)/b19-14-. The Morgan fingerprint density at radius 2 is 1.85 bits per heavy atom. The van der Waals surface area contributed by atoms with E-state index in [0.29, 0.717) is 58.9 Å². The molecule has 0 bridgehead atoms. The van der Waals surface area contributed by atoms with Crippen molar-refractivity contribution in [1.29, 1.82) is 0 Å². The summed E-state index contributed by atoms with van der Waals surface area (Å²) in [6, 6.07) is 11.2. The first-order valence-corrected chi connectivity index (χ1v) is 10.4. The van der Waals surface area contributed by atoms with Gasteiger partial charge in [-0.25, -0.2) is 9.37 Å². The Morgan fingerprint density at radius 1 is 1.09 bits per heavy atom. The highest BCUT2D eigenvalue weighted by Gasteiger charge is 2.15. The number of carbonyl (C=O) groups is 1. The molecule has 1 aromatic heterocycles. The number of ether oxygens (including phenoxy) is 2. The predicted octanol–water partition coefficient (Wildman–Crippen LogP) is 3.22.